The Bertz CT molecular complexity index is 1410. The number of furan rings is 1. The molecule has 11 nitrogen and oxygen atoms in total. The average molecular weight is 505 g/mol. The quantitative estimate of drug-likeness (QED) is 0.296. The summed E-state index contributed by atoms with van der Waals surface area (Å²) in [7, 11) is 1.44. The van der Waals surface area contributed by atoms with Crippen LogP contribution in [0.1, 0.15) is 27.4 Å². The van der Waals surface area contributed by atoms with Gasteiger partial charge in [-0.05, 0) is 60.5 Å². The largest absolute Gasteiger partial charge is 0.493 e. The molecule has 4 amide bonds. The number of aryl methyl sites for hydroxylation is 1. The van der Waals surface area contributed by atoms with E-state index >= 15 is 0 Å². The van der Waals surface area contributed by atoms with Crippen molar-refractivity contribution in [3.05, 3.63) is 82.9 Å². The van der Waals surface area contributed by atoms with Crippen molar-refractivity contribution >= 4 is 35.6 Å². The molecule has 190 valence electrons. The number of methoxy groups -OCH3 is 1. The lowest BCUT2D eigenvalue weighted by Crippen LogP contribution is -2.38. The van der Waals surface area contributed by atoms with Crippen LogP contribution in [0, 0.1) is 6.92 Å². The van der Waals surface area contributed by atoms with Crippen molar-refractivity contribution in [2.45, 2.75) is 13.5 Å². The first-order valence-corrected chi connectivity index (χ1v) is 11.1. The second-order valence-electron chi connectivity index (χ2n) is 8.07. The number of carbonyl (C=O) groups is 4. The first-order valence-electron chi connectivity index (χ1n) is 11.1. The molecule has 3 aromatic rings. The molecule has 37 heavy (non-hydrogen) atoms. The number of nitrogens with zero attached hydrogens (tertiary/aromatic N) is 1. The molecule has 4 rings (SSSR count). The molecule has 3 N–H and O–H groups in total. The summed E-state index contributed by atoms with van der Waals surface area (Å²) in [5.41, 5.74) is 2.06. The summed E-state index contributed by atoms with van der Waals surface area (Å²) in [6.45, 7) is 1.41. The van der Waals surface area contributed by atoms with Gasteiger partial charge < -0.3 is 29.6 Å². The van der Waals surface area contributed by atoms with Gasteiger partial charge in [0.1, 0.15) is 24.6 Å². The summed E-state index contributed by atoms with van der Waals surface area (Å²) in [6.07, 6.45) is 1.46. The molecule has 0 radical (unpaired) electrons. The zero-order chi connectivity index (χ0) is 26.5. The number of hydrogen-bond acceptors (Lipinski definition) is 7. The summed E-state index contributed by atoms with van der Waals surface area (Å²) < 4.78 is 16.2. The number of nitrogens with one attached hydrogen (secondary N) is 2. The van der Waals surface area contributed by atoms with Crippen molar-refractivity contribution in [2.75, 3.05) is 19.0 Å². The van der Waals surface area contributed by atoms with Crippen LogP contribution in [0.15, 0.2) is 64.7 Å². The third-order valence-electron chi connectivity index (χ3n) is 5.31. The second kappa shape index (κ2) is 10.7. The Hall–Kier alpha value is -5.06. The fourth-order valence-electron chi connectivity index (χ4n) is 3.56. The van der Waals surface area contributed by atoms with E-state index < -0.39 is 30.4 Å². The molecule has 1 aliphatic heterocycles. The summed E-state index contributed by atoms with van der Waals surface area (Å²) in [4.78, 5) is 49.3. The van der Waals surface area contributed by atoms with Crippen molar-refractivity contribution in [3.8, 4) is 11.5 Å². The molecule has 11 heteroatoms. The molecule has 1 aromatic heterocycles. The van der Waals surface area contributed by atoms with Gasteiger partial charge >= 0.3 is 12.0 Å². The Morgan fingerprint density at radius 2 is 1.92 bits per heavy atom. The summed E-state index contributed by atoms with van der Waals surface area (Å²) >= 11 is 0. The molecule has 1 fully saturated rings. The molecule has 0 bridgehead atoms. The van der Waals surface area contributed by atoms with Crippen molar-refractivity contribution in [1.82, 2.24) is 10.2 Å². The Labute approximate surface area is 211 Å². The maximum atomic E-state index is 12.8. The number of hydrogen-bond donors (Lipinski definition) is 3. The van der Waals surface area contributed by atoms with Crippen molar-refractivity contribution in [3.63, 3.8) is 0 Å². The predicted molar refractivity (Wildman–Crippen MR) is 131 cm³/mol. The van der Waals surface area contributed by atoms with Crippen molar-refractivity contribution < 1.29 is 38.2 Å². The molecule has 0 atom stereocenters. The minimum atomic E-state index is -1.18. The number of urea groups is 1. The van der Waals surface area contributed by atoms with Gasteiger partial charge in [-0.25, -0.2) is 14.5 Å². The van der Waals surface area contributed by atoms with Crippen LogP contribution >= 0.6 is 0 Å². The van der Waals surface area contributed by atoms with Crippen molar-refractivity contribution in [1.29, 1.82) is 0 Å². The van der Waals surface area contributed by atoms with E-state index in [9.17, 15) is 19.2 Å². The second-order valence-corrected chi connectivity index (χ2v) is 8.07. The summed E-state index contributed by atoms with van der Waals surface area (Å²) in [5, 5.41) is 14.1. The fourth-order valence-corrected chi connectivity index (χ4v) is 3.56. The summed E-state index contributed by atoms with van der Waals surface area (Å²) in [6, 6.07) is 14.1. The lowest BCUT2D eigenvalue weighted by atomic mass is 10.1. The number of benzene rings is 2. The van der Waals surface area contributed by atoms with Gasteiger partial charge in [0, 0.05) is 5.69 Å². The molecule has 2 aromatic carbocycles. The Kier molecular flexibility index (Phi) is 7.23. The van der Waals surface area contributed by atoms with Gasteiger partial charge in [0.15, 0.2) is 11.5 Å². The Balaban J connectivity index is 1.42. The normalized spacial score (nSPS) is 14.0. The van der Waals surface area contributed by atoms with Crippen LogP contribution in [0.5, 0.6) is 11.5 Å². The zero-order valence-electron chi connectivity index (χ0n) is 19.9. The highest BCUT2D eigenvalue weighted by Gasteiger charge is 2.35. The van der Waals surface area contributed by atoms with Gasteiger partial charge in [0.2, 0.25) is 11.7 Å². The first kappa shape index (κ1) is 25.0. The van der Waals surface area contributed by atoms with E-state index in [0.717, 1.165) is 10.5 Å². The lowest BCUT2D eigenvalue weighted by Gasteiger charge is -2.12. The minimum absolute atomic E-state index is 0.000799. The van der Waals surface area contributed by atoms with Crippen LogP contribution in [-0.4, -0.2) is 47.5 Å². The smallest absolute Gasteiger partial charge is 0.371 e. The standard InChI is InChI=1S/C26H23N3O8/c1-15-4-3-5-17(10-15)27-23(30)13-29-24(31)19(28-26(29)34)11-16-6-8-20(22(12-16)35-2)36-14-18-7-9-21(37-18)25(32)33/h3-12H,13-14H2,1-2H3,(H,27,30)(H,28,34)(H,32,33)/b19-11-. The van der Waals surface area contributed by atoms with E-state index in [-0.39, 0.29) is 18.1 Å². The van der Waals surface area contributed by atoms with E-state index in [1.54, 1.807) is 36.4 Å². The van der Waals surface area contributed by atoms with Gasteiger partial charge in [0.05, 0.1) is 7.11 Å². The Morgan fingerprint density at radius 3 is 2.62 bits per heavy atom. The molecule has 0 aliphatic carbocycles. The van der Waals surface area contributed by atoms with E-state index in [1.807, 2.05) is 13.0 Å². The lowest BCUT2D eigenvalue weighted by molar-refractivity contribution is -0.127. The van der Waals surface area contributed by atoms with Crippen LogP contribution in [0.2, 0.25) is 0 Å². The number of amides is 4. The van der Waals surface area contributed by atoms with E-state index in [1.165, 1.54) is 25.3 Å². The maximum Gasteiger partial charge on any atom is 0.371 e. The molecule has 0 unspecified atom stereocenters. The predicted octanol–water partition coefficient (Wildman–Crippen LogP) is 3.41. The number of carboxylic acids is 1. The number of carboxylic acid groups (broad SMARTS) is 1. The third kappa shape index (κ3) is 5.96. The Morgan fingerprint density at radius 1 is 1.11 bits per heavy atom. The molecule has 0 spiro atoms. The van der Waals surface area contributed by atoms with Crippen LogP contribution in [-0.2, 0) is 16.2 Å². The average Bonchev–Trinajstić information content (AvgIpc) is 3.44. The maximum absolute atomic E-state index is 12.8. The number of aromatic carboxylic acids is 1. The monoisotopic (exact) mass is 505 g/mol. The van der Waals surface area contributed by atoms with Crippen molar-refractivity contribution in [2.24, 2.45) is 0 Å². The number of carbonyl (C=O) groups excluding carboxylic acids is 3. The fraction of sp³-hybridized carbons (Fsp3) is 0.154. The number of rotatable bonds is 9. The zero-order valence-corrected chi connectivity index (χ0v) is 19.9. The molecule has 2 heterocycles. The summed E-state index contributed by atoms with van der Waals surface area (Å²) in [5.74, 6) is -1.52. The number of ether oxygens (including phenoxy) is 2. The third-order valence-corrected chi connectivity index (χ3v) is 5.31. The molecule has 0 saturated carbocycles. The number of imide groups is 1. The van der Waals surface area contributed by atoms with E-state index in [0.29, 0.717) is 28.5 Å². The molecule has 1 saturated heterocycles. The van der Waals surface area contributed by atoms with E-state index in [4.69, 9.17) is 19.0 Å². The van der Waals surface area contributed by atoms with Crippen LogP contribution in [0.3, 0.4) is 0 Å². The van der Waals surface area contributed by atoms with Gasteiger partial charge in [-0.1, -0.05) is 18.2 Å². The molecular formula is C26H23N3O8. The highest BCUT2D eigenvalue weighted by molar-refractivity contribution is 6.16. The number of anilines is 1. The topological polar surface area (TPSA) is 147 Å². The highest BCUT2D eigenvalue weighted by Crippen LogP contribution is 2.30. The van der Waals surface area contributed by atoms with Gasteiger partial charge in [-0.3, -0.25) is 9.59 Å². The molecule has 1 aliphatic rings. The van der Waals surface area contributed by atoms with Crippen LogP contribution < -0.4 is 20.1 Å². The first-order chi connectivity index (χ1) is 17.7. The van der Waals surface area contributed by atoms with Gasteiger partial charge in [-0.2, -0.15) is 0 Å². The van der Waals surface area contributed by atoms with Gasteiger partial charge in [0.25, 0.3) is 5.91 Å². The molecular weight excluding hydrogens is 482 g/mol. The van der Waals surface area contributed by atoms with Gasteiger partial charge in [-0.15, -0.1) is 0 Å². The van der Waals surface area contributed by atoms with Crippen LogP contribution in [0.4, 0.5) is 10.5 Å². The SMILES string of the molecule is COc1cc(/C=C2\NC(=O)N(CC(=O)Nc3cccc(C)c3)C2=O)ccc1OCc1ccc(C(=O)O)o1. The minimum Gasteiger partial charge on any atom is -0.493 e. The van der Waals surface area contributed by atoms with Crippen LogP contribution in [0.25, 0.3) is 6.08 Å². The highest BCUT2D eigenvalue weighted by atomic mass is 16.5. The van der Waals surface area contributed by atoms with E-state index in [2.05, 4.69) is 10.6 Å².